The van der Waals surface area contributed by atoms with Crippen molar-refractivity contribution < 1.29 is 4.79 Å². The number of hydrogen-bond donors (Lipinski definition) is 1. The van der Waals surface area contributed by atoms with E-state index < -0.39 is 0 Å². The van der Waals surface area contributed by atoms with Crippen LogP contribution in [0.4, 0.5) is 0 Å². The van der Waals surface area contributed by atoms with Gasteiger partial charge in [0.25, 0.3) is 0 Å². The Morgan fingerprint density at radius 1 is 1.16 bits per heavy atom. The highest BCUT2D eigenvalue weighted by atomic mass is 16.1. The third kappa shape index (κ3) is 4.13. The van der Waals surface area contributed by atoms with Crippen molar-refractivity contribution in [2.75, 3.05) is 39.8 Å². The van der Waals surface area contributed by atoms with E-state index in [1.165, 1.54) is 5.56 Å². The molecule has 1 aromatic rings. The van der Waals surface area contributed by atoms with Gasteiger partial charge in [0.05, 0.1) is 6.54 Å². The molecule has 1 fully saturated rings. The van der Waals surface area contributed by atoms with Crippen LogP contribution in [0.5, 0.6) is 0 Å². The molecule has 1 aliphatic heterocycles. The fourth-order valence-corrected chi connectivity index (χ4v) is 2.18. The Morgan fingerprint density at radius 3 is 2.37 bits per heavy atom. The number of nitrogens with zero attached hydrogens (tertiary/aromatic N) is 2. The van der Waals surface area contributed by atoms with Crippen LogP contribution in [-0.2, 0) is 6.42 Å². The smallest absolute Gasteiger partial charge is 0.178 e. The first kappa shape index (κ1) is 14.2. The molecule has 19 heavy (non-hydrogen) atoms. The molecule has 0 amide bonds. The molecule has 1 aromatic carbocycles. The standard InChI is InChI=1S/C15H23N3O/c1-3-13-4-6-14(7-5-13)15(19)12-16-18-10-8-17(2)9-11-18/h4-7,16H,3,8-12H2,1-2H3. The summed E-state index contributed by atoms with van der Waals surface area (Å²) in [5, 5.41) is 2.14. The fraction of sp³-hybridized carbons (Fsp3) is 0.533. The van der Waals surface area contributed by atoms with E-state index in [9.17, 15) is 4.79 Å². The first-order valence-corrected chi connectivity index (χ1v) is 6.98. The van der Waals surface area contributed by atoms with Crippen molar-refractivity contribution in [1.29, 1.82) is 0 Å². The van der Waals surface area contributed by atoms with E-state index in [-0.39, 0.29) is 5.78 Å². The number of nitrogens with one attached hydrogen (secondary N) is 1. The van der Waals surface area contributed by atoms with E-state index in [1.807, 2.05) is 24.3 Å². The fourth-order valence-electron chi connectivity index (χ4n) is 2.18. The molecule has 0 aromatic heterocycles. The topological polar surface area (TPSA) is 35.6 Å². The number of carbonyl (C=O) groups excluding carboxylic acids is 1. The monoisotopic (exact) mass is 261 g/mol. The van der Waals surface area contributed by atoms with Crippen LogP contribution in [0.1, 0.15) is 22.8 Å². The van der Waals surface area contributed by atoms with Gasteiger partial charge in [-0.3, -0.25) is 4.79 Å². The van der Waals surface area contributed by atoms with E-state index in [1.54, 1.807) is 0 Å². The highest BCUT2D eigenvalue weighted by Crippen LogP contribution is 2.05. The number of rotatable bonds is 5. The average Bonchev–Trinajstić information content (AvgIpc) is 2.46. The first-order chi connectivity index (χ1) is 9.19. The van der Waals surface area contributed by atoms with E-state index in [0.29, 0.717) is 6.54 Å². The van der Waals surface area contributed by atoms with Gasteiger partial charge >= 0.3 is 0 Å². The highest BCUT2D eigenvalue weighted by molar-refractivity contribution is 5.97. The van der Waals surface area contributed by atoms with Crippen LogP contribution in [0.3, 0.4) is 0 Å². The van der Waals surface area contributed by atoms with Gasteiger partial charge in [0.15, 0.2) is 5.78 Å². The van der Waals surface area contributed by atoms with Crippen molar-refractivity contribution in [3.8, 4) is 0 Å². The maximum Gasteiger partial charge on any atom is 0.178 e. The third-order valence-electron chi connectivity index (χ3n) is 3.65. The van der Waals surface area contributed by atoms with Gasteiger partial charge in [-0.05, 0) is 19.0 Å². The second-order valence-corrected chi connectivity index (χ2v) is 5.10. The van der Waals surface area contributed by atoms with Gasteiger partial charge in [0.1, 0.15) is 0 Å². The van der Waals surface area contributed by atoms with Gasteiger partial charge < -0.3 is 4.90 Å². The molecule has 0 radical (unpaired) electrons. The number of carbonyl (C=O) groups is 1. The van der Waals surface area contributed by atoms with Crippen LogP contribution in [0.15, 0.2) is 24.3 Å². The Morgan fingerprint density at radius 2 is 1.79 bits per heavy atom. The van der Waals surface area contributed by atoms with Crippen LogP contribution in [0.25, 0.3) is 0 Å². The number of aryl methyl sites for hydroxylation is 1. The number of ketones is 1. The maximum absolute atomic E-state index is 12.1. The molecular weight excluding hydrogens is 238 g/mol. The lowest BCUT2D eigenvalue weighted by Crippen LogP contribution is -2.51. The number of hydrazine groups is 1. The van der Waals surface area contributed by atoms with Crippen LogP contribution >= 0.6 is 0 Å². The normalized spacial score (nSPS) is 17.6. The summed E-state index contributed by atoms with van der Waals surface area (Å²) in [6.07, 6.45) is 1.01. The molecular formula is C15H23N3O. The van der Waals surface area contributed by atoms with Crippen LogP contribution in [-0.4, -0.2) is 55.5 Å². The largest absolute Gasteiger partial charge is 0.304 e. The van der Waals surface area contributed by atoms with Crippen molar-refractivity contribution in [2.45, 2.75) is 13.3 Å². The predicted molar refractivity (Wildman–Crippen MR) is 77.2 cm³/mol. The van der Waals surface area contributed by atoms with Gasteiger partial charge in [-0.25, -0.2) is 10.4 Å². The SMILES string of the molecule is CCc1ccc(C(=O)CNN2CCN(C)CC2)cc1. The summed E-state index contributed by atoms with van der Waals surface area (Å²) in [6.45, 7) is 6.54. The molecule has 4 heteroatoms. The summed E-state index contributed by atoms with van der Waals surface area (Å²) in [5.41, 5.74) is 5.28. The van der Waals surface area contributed by atoms with Crippen molar-refractivity contribution >= 4 is 5.78 Å². The second-order valence-electron chi connectivity index (χ2n) is 5.10. The zero-order valence-corrected chi connectivity index (χ0v) is 11.9. The van der Waals surface area contributed by atoms with Crippen molar-refractivity contribution in [3.05, 3.63) is 35.4 Å². The summed E-state index contributed by atoms with van der Waals surface area (Å²) in [5.74, 6) is 0.154. The molecule has 0 atom stereocenters. The quantitative estimate of drug-likeness (QED) is 0.808. The summed E-state index contributed by atoms with van der Waals surface area (Å²) in [4.78, 5) is 14.3. The van der Waals surface area contributed by atoms with E-state index in [0.717, 1.165) is 38.2 Å². The summed E-state index contributed by atoms with van der Waals surface area (Å²) >= 11 is 0. The molecule has 1 aliphatic rings. The van der Waals surface area contributed by atoms with Gasteiger partial charge in [-0.15, -0.1) is 0 Å². The molecule has 2 rings (SSSR count). The zero-order valence-electron chi connectivity index (χ0n) is 11.9. The summed E-state index contributed by atoms with van der Waals surface area (Å²) < 4.78 is 0. The van der Waals surface area contributed by atoms with Crippen molar-refractivity contribution in [1.82, 2.24) is 15.3 Å². The molecule has 0 spiro atoms. The minimum Gasteiger partial charge on any atom is -0.304 e. The lowest BCUT2D eigenvalue weighted by atomic mass is 10.1. The van der Waals surface area contributed by atoms with E-state index >= 15 is 0 Å². The maximum atomic E-state index is 12.1. The molecule has 0 aliphatic carbocycles. The Hall–Kier alpha value is -1.23. The molecule has 4 nitrogen and oxygen atoms in total. The number of benzene rings is 1. The van der Waals surface area contributed by atoms with Gasteiger partial charge in [0.2, 0.25) is 0 Å². The Balaban J connectivity index is 1.80. The molecule has 1 heterocycles. The molecule has 0 unspecified atom stereocenters. The van der Waals surface area contributed by atoms with Crippen LogP contribution < -0.4 is 5.43 Å². The van der Waals surface area contributed by atoms with Gasteiger partial charge in [-0.1, -0.05) is 31.2 Å². The van der Waals surface area contributed by atoms with Crippen molar-refractivity contribution in [2.24, 2.45) is 0 Å². The number of hydrogen-bond acceptors (Lipinski definition) is 4. The minimum absolute atomic E-state index is 0.154. The van der Waals surface area contributed by atoms with Crippen LogP contribution in [0, 0.1) is 0 Å². The van der Waals surface area contributed by atoms with E-state index in [4.69, 9.17) is 0 Å². The predicted octanol–water partition coefficient (Wildman–Crippen LogP) is 1.18. The number of Topliss-reactive ketones (excluding diaryl/α,β-unsaturated/α-hetero) is 1. The molecule has 1 N–H and O–H groups in total. The lowest BCUT2D eigenvalue weighted by molar-refractivity contribution is 0.0838. The number of likely N-dealkylation sites (N-methyl/N-ethyl adjacent to an activating group) is 1. The van der Waals surface area contributed by atoms with Crippen LogP contribution in [0.2, 0.25) is 0 Å². The average molecular weight is 261 g/mol. The van der Waals surface area contributed by atoms with Gasteiger partial charge in [0, 0.05) is 31.7 Å². The molecule has 104 valence electrons. The molecule has 0 saturated carbocycles. The first-order valence-electron chi connectivity index (χ1n) is 6.98. The minimum atomic E-state index is 0.154. The lowest BCUT2D eigenvalue weighted by Gasteiger charge is -2.32. The third-order valence-corrected chi connectivity index (χ3v) is 3.65. The Labute approximate surface area is 115 Å². The zero-order chi connectivity index (χ0) is 13.7. The van der Waals surface area contributed by atoms with Crippen molar-refractivity contribution in [3.63, 3.8) is 0 Å². The molecule has 0 bridgehead atoms. The number of piperazine rings is 1. The Kier molecular flexibility index (Phi) is 5.07. The van der Waals surface area contributed by atoms with Gasteiger partial charge in [-0.2, -0.15) is 0 Å². The molecule has 1 saturated heterocycles. The highest BCUT2D eigenvalue weighted by Gasteiger charge is 2.14. The Bertz CT molecular complexity index is 408. The summed E-state index contributed by atoms with van der Waals surface area (Å²) in [6, 6.07) is 7.91. The summed E-state index contributed by atoms with van der Waals surface area (Å²) in [7, 11) is 2.12. The van der Waals surface area contributed by atoms with E-state index in [2.05, 4.69) is 29.3 Å². The second kappa shape index (κ2) is 6.80.